The normalized spacial score (nSPS) is 10.6. The zero-order valence-corrected chi connectivity index (χ0v) is 15.1. The summed E-state index contributed by atoms with van der Waals surface area (Å²) in [7, 11) is 0. The van der Waals surface area contributed by atoms with Crippen molar-refractivity contribution in [3.63, 3.8) is 0 Å². The molecule has 1 heterocycles. The Hall–Kier alpha value is -2.44. The molecule has 1 aromatic heterocycles. The molecule has 25 heavy (non-hydrogen) atoms. The summed E-state index contributed by atoms with van der Waals surface area (Å²) in [6.45, 7) is 3.65. The van der Waals surface area contributed by atoms with Crippen LogP contribution in [0.2, 0.25) is 5.02 Å². The Labute approximate surface area is 153 Å². The Morgan fingerprint density at radius 3 is 2.56 bits per heavy atom. The molecule has 4 nitrogen and oxygen atoms in total. The van der Waals surface area contributed by atoms with Crippen molar-refractivity contribution in [1.29, 1.82) is 0 Å². The quantitative estimate of drug-likeness (QED) is 0.628. The van der Waals surface area contributed by atoms with Crippen LogP contribution in [0, 0.1) is 19.7 Å². The number of halogens is 2. The van der Waals surface area contributed by atoms with E-state index in [0.29, 0.717) is 32.1 Å². The lowest BCUT2D eigenvalue weighted by Crippen LogP contribution is -2.12. The smallest absolute Gasteiger partial charge is 0.267 e. The van der Waals surface area contributed by atoms with Crippen molar-refractivity contribution in [3.8, 4) is 0 Å². The lowest BCUT2D eigenvalue weighted by atomic mass is 10.2. The van der Waals surface area contributed by atoms with Gasteiger partial charge in [-0.1, -0.05) is 22.9 Å². The Morgan fingerprint density at radius 1 is 1.16 bits per heavy atom. The van der Waals surface area contributed by atoms with Gasteiger partial charge in [-0.25, -0.2) is 9.37 Å². The predicted molar refractivity (Wildman–Crippen MR) is 101 cm³/mol. The number of aromatic nitrogens is 1. The second kappa shape index (κ2) is 7.21. The number of carbonyl (C=O) groups excluding carboxylic acids is 1. The van der Waals surface area contributed by atoms with Gasteiger partial charge in [-0.05, 0) is 61.9 Å². The van der Waals surface area contributed by atoms with E-state index in [4.69, 9.17) is 11.6 Å². The molecule has 0 fully saturated rings. The fourth-order valence-electron chi connectivity index (χ4n) is 2.26. The Bertz CT molecular complexity index is 925. The number of carbonyl (C=O) groups is 1. The second-order valence-electron chi connectivity index (χ2n) is 5.48. The summed E-state index contributed by atoms with van der Waals surface area (Å²) in [4.78, 5) is 17.4. The zero-order chi connectivity index (χ0) is 18.0. The van der Waals surface area contributed by atoms with Gasteiger partial charge in [-0.3, -0.25) is 4.79 Å². The maximum Gasteiger partial charge on any atom is 0.267 e. The molecule has 0 atom stereocenters. The highest BCUT2D eigenvalue weighted by Crippen LogP contribution is 2.27. The number of benzene rings is 2. The van der Waals surface area contributed by atoms with Crippen LogP contribution in [0.5, 0.6) is 0 Å². The summed E-state index contributed by atoms with van der Waals surface area (Å²) in [6, 6.07) is 11.2. The number of anilines is 3. The van der Waals surface area contributed by atoms with Crippen LogP contribution in [0.4, 0.5) is 20.9 Å². The predicted octanol–water partition coefficient (Wildman–Crippen LogP) is 5.55. The molecule has 128 valence electrons. The molecule has 2 N–H and O–H groups in total. The van der Waals surface area contributed by atoms with Crippen LogP contribution in [0.3, 0.4) is 0 Å². The summed E-state index contributed by atoms with van der Waals surface area (Å²) in [5.41, 5.74) is 2.91. The highest BCUT2D eigenvalue weighted by atomic mass is 35.5. The third-order valence-corrected chi connectivity index (χ3v) is 4.84. The number of nitrogens with one attached hydrogen (secondary N) is 2. The Balaban J connectivity index is 1.77. The molecule has 0 aliphatic heterocycles. The molecular weight excluding hydrogens is 361 g/mol. The van der Waals surface area contributed by atoms with E-state index in [2.05, 4.69) is 15.6 Å². The van der Waals surface area contributed by atoms with Gasteiger partial charge in [0, 0.05) is 16.4 Å². The molecule has 0 saturated carbocycles. The van der Waals surface area contributed by atoms with Gasteiger partial charge < -0.3 is 10.6 Å². The molecule has 0 radical (unpaired) electrons. The van der Waals surface area contributed by atoms with E-state index in [0.717, 1.165) is 5.56 Å². The maximum absolute atomic E-state index is 13.0. The van der Waals surface area contributed by atoms with Gasteiger partial charge in [-0.15, -0.1) is 0 Å². The summed E-state index contributed by atoms with van der Waals surface area (Å²) in [5.74, 6) is -0.535. The minimum absolute atomic E-state index is 0.229. The van der Waals surface area contributed by atoms with Crippen molar-refractivity contribution in [2.24, 2.45) is 0 Å². The largest absolute Gasteiger partial charge is 0.332 e. The molecule has 0 spiro atoms. The fourth-order valence-corrected chi connectivity index (χ4v) is 3.37. The molecule has 2 aromatic carbocycles. The van der Waals surface area contributed by atoms with Gasteiger partial charge in [-0.2, -0.15) is 0 Å². The first-order chi connectivity index (χ1) is 11.9. The first kappa shape index (κ1) is 17.4. The highest BCUT2D eigenvalue weighted by molar-refractivity contribution is 7.17. The summed E-state index contributed by atoms with van der Waals surface area (Å²) < 4.78 is 13.0. The SMILES string of the molecule is Cc1cc(Cl)ccc1NC(=O)c1sc(Nc2ccc(F)cc2)nc1C. The summed E-state index contributed by atoms with van der Waals surface area (Å²) in [5, 5.41) is 7.14. The van der Waals surface area contributed by atoms with Crippen molar-refractivity contribution < 1.29 is 9.18 Å². The molecular formula is C18H15ClFN3OS. The van der Waals surface area contributed by atoms with E-state index in [-0.39, 0.29) is 11.7 Å². The van der Waals surface area contributed by atoms with Crippen molar-refractivity contribution >= 4 is 45.4 Å². The van der Waals surface area contributed by atoms with Crippen LogP contribution >= 0.6 is 22.9 Å². The van der Waals surface area contributed by atoms with Crippen LogP contribution in [0.1, 0.15) is 20.9 Å². The van der Waals surface area contributed by atoms with Crippen LogP contribution < -0.4 is 10.6 Å². The first-order valence-corrected chi connectivity index (χ1v) is 8.69. The molecule has 0 bridgehead atoms. The number of aryl methyl sites for hydroxylation is 2. The van der Waals surface area contributed by atoms with E-state index < -0.39 is 0 Å². The topological polar surface area (TPSA) is 54.0 Å². The van der Waals surface area contributed by atoms with Gasteiger partial charge in [0.05, 0.1) is 5.69 Å². The van der Waals surface area contributed by atoms with Gasteiger partial charge in [0.25, 0.3) is 5.91 Å². The van der Waals surface area contributed by atoms with Crippen LogP contribution in [-0.2, 0) is 0 Å². The van der Waals surface area contributed by atoms with E-state index in [1.165, 1.54) is 23.5 Å². The van der Waals surface area contributed by atoms with Crippen molar-refractivity contribution in [2.75, 3.05) is 10.6 Å². The van der Waals surface area contributed by atoms with E-state index in [1.807, 2.05) is 6.92 Å². The van der Waals surface area contributed by atoms with Gasteiger partial charge in [0.2, 0.25) is 0 Å². The standard InChI is InChI=1S/C18H15ClFN3OS/c1-10-9-12(19)3-8-15(10)23-17(24)16-11(2)21-18(25-16)22-14-6-4-13(20)5-7-14/h3-9H,1-2H3,(H,21,22)(H,23,24). The van der Waals surface area contributed by atoms with Crippen molar-refractivity contribution in [1.82, 2.24) is 4.98 Å². The van der Waals surface area contributed by atoms with Crippen LogP contribution in [0.25, 0.3) is 0 Å². The zero-order valence-electron chi connectivity index (χ0n) is 13.6. The van der Waals surface area contributed by atoms with Crippen molar-refractivity contribution in [2.45, 2.75) is 13.8 Å². The van der Waals surface area contributed by atoms with Crippen LogP contribution in [-0.4, -0.2) is 10.9 Å². The number of thiazole rings is 1. The minimum Gasteiger partial charge on any atom is -0.332 e. The van der Waals surface area contributed by atoms with E-state index >= 15 is 0 Å². The van der Waals surface area contributed by atoms with Crippen molar-refractivity contribution in [3.05, 3.63) is 69.4 Å². The van der Waals surface area contributed by atoms with E-state index in [1.54, 1.807) is 37.3 Å². The number of hydrogen-bond acceptors (Lipinski definition) is 4. The second-order valence-corrected chi connectivity index (χ2v) is 6.91. The minimum atomic E-state index is -0.306. The number of hydrogen-bond donors (Lipinski definition) is 2. The monoisotopic (exact) mass is 375 g/mol. The molecule has 0 unspecified atom stereocenters. The first-order valence-electron chi connectivity index (χ1n) is 7.50. The summed E-state index contributed by atoms with van der Waals surface area (Å²) >= 11 is 7.17. The van der Waals surface area contributed by atoms with E-state index in [9.17, 15) is 9.18 Å². The summed E-state index contributed by atoms with van der Waals surface area (Å²) in [6.07, 6.45) is 0. The van der Waals surface area contributed by atoms with Gasteiger partial charge in [0.1, 0.15) is 10.7 Å². The molecule has 3 rings (SSSR count). The molecule has 7 heteroatoms. The lowest BCUT2D eigenvalue weighted by molar-refractivity contribution is 0.102. The number of amides is 1. The molecule has 0 aliphatic carbocycles. The number of rotatable bonds is 4. The highest BCUT2D eigenvalue weighted by Gasteiger charge is 2.16. The van der Waals surface area contributed by atoms with Crippen LogP contribution in [0.15, 0.2) is 42.5 Å². The third-order valence-electron chi connectivity index (χ3n) is 3.53. The average molecular weight is 376 g/mol. The fraction of sp³-hybridized carbons (Fsp3) is 0.111. The Kier molecular flexibility index (Phi) is 5.01. The Morgan fingerprint density at radius 2 is 1.88 bits per heavy atom. The molecule has 0 aliphatic rings. The molecule has 0 saturated heterocycles. The maximum atomic E-state index is 13.0. The van der Waals surface area contributed by atoms with Gasteiger partial charge in [0.15, 0.2) is 5.13 Å². The molecule has 3 aromatic rings. The molecule has 1 amide bonds. The number of nitrogens with zero attached hydrogens (tertiary/aromatic N) is 1. The third kappa shape index (κ3) is 4.15. The average Bonchev–Trinajstić information content (AvgIpc) is 2.93. The lowest BCUT2D eigenvalue weighted by Gasteiger charge is -2.07. The van der Waals surface area contributed by atoms with Gasteiger partial charge >= 0.3 is 0 Å².